The lowest BCUT2D eigenvalue weighted by atomic mass is 10.2. The van der Waals surface area contributed by atoms with Gasteiger partial charge in [-0.3, -0.25) is 0 Å². The number of hydrogen-bond donors (Lipinski definition) is 2. The van der Waals surface area contributed by atoms with Gasteiger partial charge in [-0.25, -0.2) is 4.79 Å². The SMILES string of the molecule is C[C@H]1C[C@@H](NC(=S)NCc2ccccc2)C(=O)O1. The van der Waals surface area contributed by atoms with Gasteiger partial charge in [-0.1, -0.05) is 30.3 Å². The van der Waals surface area contributed by atoms with E-state index >= 15 is 0 Å². The first-order valence-electron chi connectivity index (χ1n) is 5.94. The number of thiocarbonyl (C=S) groups is 1. The Morgan fingerprint density at radius 1 is 1.44 bits per heavy atom. The quantitative estimate of drug-likeness (QED) is 0.637. The fraction of sp³-hybridized carbons (Fsp3) is 0.385. The molecule has 1 heterocycles. The van der Waals surface area contributed by atoms with Crippen LogP contribution in [0.2, 0.25) is 0 Å². The van der Waals surface area contributed by atoms with Crippen LogP contribution in [-0.4, -0.2) is 23.2 Å². The molecule has 2 atom stereocenters. The third-order valence-corrected chi connectivity index (χ3v) is 3.03. The van der Waals surface area contributed by atoms with Crippen LogP contribution in [0.5, 0.6) is 0 Å². The zero-order chi connectivity index (χ0) is 13.0. The smallest absolute Gasteiger partial charge is 0.329 e. The molecule has 0 radical (unpaired) electrons. The Morgan fingerprint density at radius 2 is 2.17 bits per heavy atom. The molecular weight excluding hydrogens is 248 g/mol. The molecule has 1 saturated heterocycles. The van der Waals surface area contributed by atoms with Crippen LogP contribution < -0.4 is 10.6 Å². The number of nitrogens with one attached hydrogen (secondary N) is 2. The molecule has 1 aromatic rings. The molecule has 0 unspecified atom stereocenters. The van der Waals surface area contributed by atoms with E-state index in [9.17, 15) is 4.79 Å². The molecule has 96 valence electrons. The second-order valence-electron chi connectivity index (χ2n) is 4.35. The summed E-state index contributed by atoms with van der Waals surface area (Å²) in [5, 5.41) is 6.53. The van der Waals surface area contributed by atoms with Gasteiger partial charge in [-0.15, -0.1) is 0 Å². The summed E-state index contributed by atoms with van der Waals surface area (Å²) in [5.41, 5.74) is 1.14. The molecule has 1 aliphatic rings. The molecule has 1 aliphatic heterocycles. The van der Waals surface area contributed by atoms with E-state index in [4.69, 9.17) is 17.0 Å². The predicted molar refractivity (Wildman–Crippen MR) is 73.0 cm³/mol. The average Bonchev–Trinajstić information content (AvgIpc) is 2.67. The molecule has 0 bridgehead atoms. The van der Waals surface area contributed by atoms with Crippen molar-refractivity contribution in [3.63, 3.8) is 0 Å². The molecule has 1 aromatic carbocycles. The van der Waals surface area contributed by atoms with Crippen LogP contribution in [0.1, 0.15) is 18.9 Å². The van der Waals surface area contributed by atoms with Crippen molar-refractivity contribution in [3.8, 4) is 0 Å². The molecule has 2 rings (SSSR count). The first-order valence-corrected chi connectivity index (χ1v) is 6.35. The summed E-state index contributed by atoms with van der Waals surface area (Å²) < 4.78 is 5.05. The molecule has 4 nitrogen and oxygen atoms in total. The van der Waals surface area contributed by atoms with Crippen molar-refractivity contribution < 1.29 is 9.53 Å². The van der Waals surface area contributed by atoms with Crippen molar-refractivity contribution in [2.24, 2.45) is 0 Å². The Kier molecular flexibility index (Phi) is 4.15. The molecule has 2 N–H and O–H groups in total. The van der Waals surface area contributed by atoms with Crippen molar-refractivity contribution in [1.82, 2.24) is 10.6 Å². The zero-order valence-corrected chi connectivity index (χ0v) is 11.0. The van der Waals surface area contributed by atoms with Crippen molar-refractivity contribution in [1.29, 1.82) is 0 Å². The van der Waals surface area contributed by atoms with Gasteiger partial charge < -0.3 is 15.4 Å². The van der Waals surface area contributed by atoms with Crippen LogP contribution in [0.4, 0.5) is 0 Å². The molecule has 18 heavy (non-hydrogen) atoms. The summed E-state index contributed by atoms with van der Waals surface area (Å²) >= 11 is 5.15. The Labute approximate surface area is 112 Å². The van der Waals surface area contributed by atoms with Gasteiger partial charge >= 0.3 is 5.97 Å². The Hall–Kier alpha value is -1.62. The lowest BCUT2D eigenvalue weighted by Crippen LogP contribution is -2.43. The predicted octanol–water partition coefficient (Wildman–Crippen LogP) is 1.35. The maximum Gasteiger partial charge on any atom is 0.329 e. The summed E-state index contributed by atoms with van der Waals surface area (Å²) in [5.74, 6) is -0.230. The van der Waals surface area contributed by atoms with Crippen LogP contribution in [0.3, 0.4) is 0 Å². The maximum absolute atomic E-state index is 11.4. The minimum atomic E-state index is -0.323. The summed E-state index contributed by atoms with van der Waals surface area (Å²) in [6.07, 6.45) is 0.623. The molecule has 0 saturated carbocycles. The van der Waals surface area contributed by atoms with E-state index in [-0.39, 0.29) is 18.1 Å². The highest BCUT2D eigenvalue weighted by Crippen LogP contribution is 2.13. The van der Waals surface area contributed by atoms with Crippen LogP contribution in [0.25, 0.3) is 0 Å². The largest absolute Gasteiger partial charge is 0.461 e. The lowest BCUT2D eigenvalue weighted by Gasteiger charge is -2.13. The van der Waals surface area contributed by atoms with Gasteiger partial charge in [0.25, 0.3) is 0 Å². The Morgan fingerprint density at radius 3 is 2.78 bits per heavy atom. The fourth-order valence-electron chi connectivity index (χ4n) is 1.86. The number of carbonyl (C=O) groups is 1. The van der Waals surface area contributed by atoms with E-state index in [0.717, 1.165) is 5.56 Å². The highest BCUT2D eigenvalue weighted by molar-refractivity contribution is 7.80. The number of esters is 1. The summed E-state index contributed by atoms with van der Waals surface area (Å²) in [4.78, 5) is 11.4. The van der Waals surface area contributed by atoms with E-state index in [1.54, 1.807) is 0 Å². The molecule has 5 heteroatoms. The molecule has 0 amide bonds. The average molecular weight is 264 g/mol. The first-order chi connectivity index (χ1) is 8.65. The zero-order valence-electron chi connectivity index (χ0n) is 10.2. The second-order valence-corrected chi connectivity index (χ2v) is 4.76. The number of rotatable bonds is 3. The van der Waals surface area contributed by atoms with Gasteiger partial charge in [0.05, 0.1) is 0 Å². The van der Waals surface area contributed by atoms with Crippen molar-refractivity contribution >= 4 is 23.3 Å². The van der Waals surface area contributed by atoms with Crippen molar-refractivity contribution in [3.05, 3.63) is 35.9 Å². The minimum absolute atomic E-state index is 0.0353. The number of carbonyl (C=O) groups excluding carboxylic acids is 1. The Bertz CT molecular complexity index is 436. The highest BCUT2D eigenvalue weighted by atomic mass is 32.1. The summed E-state index contributed by atoms with van der Waals surface area (Å²) in [6, 6.07) is 9.63. The van der Waals surface area contributed by atoms with Crippen LogP contribution in [0, 0.1) is 0 Å². The fourth-order valence-corrected chi connectivity index (χ4v) is 2.08. The second kappa shape index (κ2) is 5.82. The number of cyclic esters (lactones) is 1. The van der Waals surface area contributed by atoms with Crippen LogP contribution in [-0.2, 0) is 16.1 Å². The first kappa shape index (κ1) is 12.8. The van der Waals surface area contributed by atoms with Gasteiger partial charge in [-0.2, -0.15) is 0 Å². The normalized spacial score (nSPS) is 22.4. The summed E-state index contributed by atoms with van der Waals surface area (Å²) in [6.45, 7) is 2.52. The topological polar surface area (TPSA) is 50.4 Å². The standard InChI is InChI=1S/C13H16N2O2S/c1-9-7-11(12(16)17-9)15-13(18)14-8-10-5-3-2-4-6-10/h2-6,9,11H,7-8H2,1H3,(H2,14,15,18)/t9-,11+/m0/s1. The molecule has 0 spiro atoms. The van der Waals surface area contributed by atoms with Gasteiger partial charge in [-0.05, 0) is 24.7 Å². The van der Waals surface area contributed by atoms with Crippen molar-refractivity contribution in [2.75, 3.05) is 0 Å². The van der Waals surface area contributed by atoms with E-state index in [1.165, 1.54) is 0 Å². The third-order valence-electron chi connectivity index (χ3n) is 2.77. The monoisotopic (exact) mass is 264 g/mol. The Balaban J connectivity index is 1.77. The molecule has 0 aliphatic carbocycles. The molecular formula is C13H16N2O2S. The van der Waals surface area contributed by atoms with E-state index in [2.05, 4.69) is 10.6 Å². The van der Waals surface area contributed by atoms with Crippen LogP contribution >= 0.6 is 12.2 Å². The highest BCUT2D eigenvalue weighted by Gasteiger charge is 2.32. The minimum Gasteiger partial charge on any atom is -0.461 e. The summed E-state index contributed by atoms with van der Waals surface area (Å²) in [7, 11) is 0. The molecule has 1 fully saturated rings. The van der Waals surface area contributed by atoms with Gasteiger partial charge in [0.1, 0.15) is 12.1 Å². The van der Waals surface area contributed by atoms with Crippen molar-refractivity contribution in [2.45, 2.75) is 32.0 Å². The number of benzene rings is 1. The number of ether oxygens (including phenoxy) is 1. The van der Waals surface area contributed by atoms with Gasteiger partial charge in [0.15, 0.2) is 5.11 Å². The van der Waals surface area contributed by atoms with E-state index in [0.29, 0.717) is 18.1 Å². The van der Waals surface area contributed by atoms with Crippen LogP contribution in [0.15, 0.2) is 30.3 Å². The van der Waals surface area contributed by atoms with Gasteiger partial charge in [0, 0.05) is 13.0 Å². The molecule has 0 aromatic heterocycles. The number of hydrogen-bond acceptors (Lipinski definition) is 3. The van der Waals surface area contributed by atoms with Gasteiger partial charge in [0.2, 0.25) is 0 Å². The maximum atomic E-state index is 11.4. The third kappa shape index (κ3) is 3.43. The van der Waals surface area contributed by atoms with E-state index < -0.39 is 0 Å². The lowest BCUT2D eigenvalue weighted by molar-refractivity contribution is -0.142. The van der Waals surface area contributed by atoms with E-state index in [1.807, 2.05) is 37.3 Å².